The smallest absolute Gasteiger partial charge is 0.132 e. The molecule has 90 valence electrons. The molecule has 0 bridgehead atoms. The first kappa shape index (κ1) is 15.4. The molecule has 0 spiro atoms. The maximum Gasteiger partial charge on any atom is 0.132 e. The summed E-state index contributed by atoms with van der Waals surface area (Å²) in [5.74, 6) is -1.43. The Hall–Kier alpha value is -0.640. The van der Waals surface area contributed by atoms with Gasteiger partial charge in [-0.15, -0.1) is 19.0 Å². The maximum atomic E-state index is 13.4. The first-order chi connectivity index (χ1) is 6.91. The normalized spacial score (nSPS) is 11.8. The quantitative estimate of drug-likeness (QED) is 0.823. The fourth-order valence-corrected chi connectivity index (χ4v) is 1.58. The van der Waals surface area contributed by atoms with Crippen LogP contribution in [0.15, 0.2) is 24.3 Å². The predicted octanol–water partition coefficient (Wildman–Crippen LogP) is 4.01. The average molecular weight is 268 g/mol. The van der Waals surface area contributed by atoms with Gasteiger partial charge in [0.2, 0.25) is 0 Å². The van der Waals surface area contributed by atoms with Gasteiger partial charge in [0.25, 0.3) is 0 Å². The van der Waals surface area contributed by atoms with Crippen molar-refractivity contribution in [1.82, 2.24) is 0 Å². The number of benzene rings is 1. The zero-order chi connectivity index (χ0) is 11.6. The molecule has 0 radical (unpaired) electrons. The SMILES string of the molecule is C=C(C)C[C@H](N)c1c(F)cc(Cl)cc1F.Cl. The van der Waals surface area contributed by atoms with Crippen molar-refractivity contribution in [2.24, 2.45) is 5.73 Å². The van der Waals surface area contributed by atoms with Crippen molar-refractivity contribution in [2.45, 2.75) is 19.4 Å². The summed E-state index contributed by atoms with van der Waals surface area (Å²) >= 11 is 5.49. The number of hydrogen-bond donors (Lipinski definition) is 1. The number of rotatable bonds is 3. The Labute approximate surface area is 105 Å². The highest BCUT2D eigenvalue weighted by atomic mass is 35.5. The molecule has 5 heteroatoms. The summed E-state index contributed by atoms with van der Waals surface area (Å²) in [6.07, 6.45) is 0.343. The third-order valence-electron chi connectivity index (χ3n) is 1.98. The summed E-state index contributed by atoms with van der Waals surface area (Å²) in [5.41, 5.74) is 6.30. The standard InChI is InChI=1S/C11H12ClF2N.ClH/c1-6(2)3-10(15)11-8(13)4-7(12)5-9(11)14;/h4-5,10H,1,3,15H2,2H3;1H/t10-;/m0./s1. The van der Waals surface area contributed by atoms with Gasteiger partial charge in [-0.1, -0.05) is 17.2 Å². The van der Waals surface area contributed by atoms with Gasteiger partial charge in [-0.25, -0.2) is 8.78 Å². The zero-order valence-electron chi connectivity index (χ0n) is 8.77. The molecular weight excluding hydrogens is 255 g/mol. The van der Waals surface area contributed by atoms with Crippen molar-refractivity contribution in [1.29, 1.82) is 0 Å². The van der Waals surface area contributed by atoms with Gasteiger partial charge in [0.1, 0.15) is 11.6 Å². The second kappa shape index (κ2) is 6.18. The summed E-state index contributed by atoms with van der Waals surface area (Å²) in [6, 6.07) is 1.39. The minimum atomic E-state index is -0.722. The van der Waals surface area contributed by atoms with Crippen LogP contribution in [0.25, 0.3) is 0 Å². The maximum absolute atomic E-state index is 13.4. The average Bonchev–Trinajstić information content (AvgIpc) is 1.99. The highest BCUT2D eigenvalue weighted by Crippen LogP contribution is 2.26. The molecule has 2 N–H and O–H groups in total. The van der Waals surface area contributed by atoms with Gasteiger partial charge in [-0.05, 0) is 25.5 Å². The van der Waals surface area contributed by atoms with E-state index >= 15 is 0 Å². The van der Waals surface area contributed by atoms with Crippen molar-refractivity contribution in [2.75, 3.05) is 0 Å². The van der Waals surface area contributed by atoms with Crippen molar-refractivity contribution in [3.05, 3.63) is 46.5 Å². The molecule has 0 amide bonds. The second-order valence-corrected chi connectivity index (χ2v) is 3.99. The van der Waals surface area contributed by atoms with Gasteiger partial charge in [-0.3, -0.25) is 0 Å². The molecule has 0 saturated carbocycles. The van der Waals surface area contributed by atoms with E-state index in [9.17, 15) is 8.78 Å². The number of hydrogen-bond acceptors (Lipinski definition) is 1. The van der Waals surface area contributed by atoms with Crippen molar-refractivity contribution in [3.8, 4) is 0 Å². The molecule has 0 aromatic heterocycles. The van der Waals surface area contributed by atoms with Gasteiger partial charge in [0, 0.05) is 16.6 Å². The molecule has 16 heavy (non-hydrogen) atoms. The fraction of sp³-hybridized carbons (Fsp3) is 0.273. The fourth-order valence-electron chi connectivity index (χ4n) is 1.39. The van der Waals surface area contributed by atoms with Crippen molar-refractivity contribution >= 4 is 24.0 Å². The van der Waals surface area contributed by atoms with Crippen LogP contribution < -0.4 is 5.73 Å². The third kappa shape index (κ3) is 3.74. The van der Waals surface area contributed by atoms with E-state index in [1.54, 1.807) is 6.92 Å². The minimum Gasteiger partial charge on any atom is -0.324 e. The molecule has 1 aromatic rings. The molecule has 0 unspecified atom stereocenters. The van der Waals surface area contributed by atoms with E-state index in [2.05, 4.69) is 6.58 Å². The van der Waals surface area contributed by atoms with E-state index < -0.39 is 17.7 Å². The Morgan fingerprint density at radius 3 is 2.25 bits per heavy atom. The van der Waals surface area contributed by atoms with E-state index in [4.69, 9.17) is 17.3 Å². The lowest BCUT2D eigenvalue weighted by Crippen LogP contribution is -2.14. The molecule has 1 aromatic carbocycles. The molecule has 1 atom stereocenters. The van der Waals surface area contributed by atoms with Crippen LogP contribution in [0.5, 0.6) is 0 Å². The molecule has 1 nitrogen and oxygen atoms in total. The number of nitrogens with two attached hydrogens (primary N) is 1. The highest BCUT2D eigenvalue weighted by molar-refractivity contribution is 6.30. The molecule has 0 saturated heterocycles. The Morgan fingerprint density at radius 1 is 1.44 bits per heavy atom. The number of halogens is 4. The van der Waals surface area contributed by atoms with Crippen LogP contribution in [-0.4, -0.2) is 0 Å². The van der Waals surface area contributed by atoms with Crippen LogP contribution in [0, 0.1) is 11.6 Å². The molecule has 0 aliphatic carbocycles. The molecule has 0 fully saturated rings. The van der Waals surface area contributed by atoms with Gasteiger partial charge in [-0.2, -0.15) is 0 Å². The third-order valence-corrected chi connectivity index (χ3v) is 2.20. The monoisotopic (exact) mass is 267 g/mol. The van der Waals surface area contributed by atoms with Crippen LogP contribution in [0.3, 0.4) is 0 Å². The summed E-state index contributed by atoms with van der Waals surface area (Å²) in [6.45, 7) is 5.40. The summed E-state index contributed by atoms with van der Waals surface area (Å²) < 4.78 is 26.8. The van der Waals surface area contributed by atoms with E-state index in [1.807, 2.05) is 0 Å². The molecule has 1 rings (SSSR count). The molecule has 0 heterocycles. The van der Waals surface area contributed by atoms with Gasteiger partial charge < -0.3 is 5.73 Å². The molecular formula is C11H13Cl2F2N. The van der Waals surface area contributed by atoms with Gasteiger partial charge in [0.05, 0.1) is 0 Å². The van der Waals surface area contributed by atoms with E-state index in [1.165, 1.54) is 0 Å². The van der Waals surface area contributed by atoms with E-state index in [0.29, 0.717) is 6.42 Å². The topological polar surface area (TPSA) is 26.0 Å². The van der Waals surface area contributed by atoms with Crippen molar-refractivity contribution < 1.29 is 8.78 Å². The van der Waals surface area contributed by atoms with Crippen molar-refractivity contribution in [3.63, 3.8) is 0 Å². The summed E-state index contributed by atoms with van der Waals surface area (Å²) in [7, 11) is 0. The van der Waals surface area contributed by atoms with Crippen LogP contribution in [-0.2, 0) is 0 Å². The Bertz CT molecular complexity index is 371. The van der Waals surface area contributed by atoms with Crippen LogP contribution in [0.4, 0.5) is 8.78 Å². The second-order valence-electron chi connectivity index (χ2n) is 3.55. The molecule has 0 aliphatic rings. The van der Waals surface area contributed by atoms with E-state index in [0.717, 1.165) is 17.7 Å². The first-order valence-corrected chi connectivity index (χ1v) is 4.84. The predicted molar refractivity (Wildman–Crippen MR) is 65.0 cm³/mol. The summed E-state index contributed by atoms with van der Waals surface area (Å²) in [4.78, 5) is 0. The Kier molecular flexibility index (Phi) is 5.94. The molecule has 0 aliphatic heterocycles. The Balaban J connectivity index is 0.00000225. The van der Waals surface area contributed by atoms with E-state index in [-0.39, 0.29) is 23.0 Å². The van der Waals surface area contributed by atoms with Gasteiger partial charge >= 0.3 is 0 Å². The zero-order valence-corrected chi connectivity index (χ0v) is 10.3. The first-order valence-electron chi connectivity index (χ1n) is 4.46. The highest BCUT2D eigenvalue weighted by Gasteiger charge is 2.17. The lowest BCUT2D eigenvalue weighted by Gasteiger charge is -2.14. The summed E-state index contributed by atoms with van der Waals surface area (Å²) in [5, 5.41) is 0.0243. The van der Waals surface area contributed by atoms with Crippen LogP contribution in [0.2, 0.25) is 5.02 Å². The van der Waals surface area contributed by atoms with Gasteiger partial charge in [0.15, 0.2) is 0 Å². The van der Waals surface area contributed by atoms with Crippen LogP contribution >= 0.6 is 24.0 Å². The largest absolute Gasteiger partial charge is 0.324 e. The van der Waals surface area contributed by atoms with Crippen LogP contribution in [0.1, 0.15) is 24.9 Å². The minimum absolute atomic E-state index is 0. The lowest BCUT2D eigenvalue weighted by molar-refractivity contribution is 0.524. The lowest BCUT2D eigenvalue weighted by atomic mass is 10.0. The Morgan fingerprint density at radius 2 is 1.88 bits per heavy atom.